The van der Waals surface area contributed by atoms with Gasteiger partial charge in [0.2, 0.25) is 5.91 Å². The lowest BCUT2D eigenvalue weighted by atomic mass is 10.0. The number of rotatable bonds is 6. The highest BCUT2D eigenvalue weighted by molar-refractivity contribution is 6.04. The maximum absolute atomic E-state index is 13.1. The number of anilines is 2. The minimum Gasteiger partial charge on any atom is -0.493 e. The molecule has 0 spiro atoms. The van der Waals surface area contributed by atoms with E-state index < -0.39 is 6.29 Å². The summed E-state index contributed by atoms with van der Waals surface area (Å²) in [6, 6.07) is 12.9. The first-order chi connectivity index (χ1) is 17.8. The Labute approximate surface area is 215 Å². The number of aromatic nitrogens is 2. The smallest absolute Gasteiger partial charge is 0.256 e. The van der Waals surface area contributed by atoms with Crippen molar-refractivity contribution >= 4 is 23.3 Å². The van der Waals surface area contributed by atoms with Crippen LogP contribution in [-0.4, -0.2) is 48.5 Å². The van der Waals surface area contributed by atoms with Gasteiger partial charge in [0.25, 0.3) is 5.91 Å². The van der Waals surface area contributed by atoms with E-state index in [9.17, 15) is 9.59 Å². The summed E-state index contributed by atoms with van der Waals surface area (Å²) in [7, 11) is 3.05. The highest BCUT2D eigenvalue weighted by Gasteiger charge is 2.45. The molecule has 11 heteroatoms. The zero-order valence-corrected chi connectivity index (χ0v) is 21.5. The fourth-order valence-corrected chi connectivity index (χ4v) is 4.69. The number of nitrogens with one attached hydrogen (secondary N) is 4. The SMILES string of the molecule is COc1ccc(C(=O)Nc2cc(C)nn2C2NC(=O)C3CNN(c4ccc(C)c(C)c4)C3N2)cc1OC. The molecule has 2 aromatic carbocycles. The molecule has 1 aromatic heterocycles. The van der Waals surface area contributed by atoms with Gasteiger partial charge < -0.3 is 20.1 Å². The molecule has 3 atom stereocenters. The quantitative estimate of drug-likeness (QED) is 0.402. The Morgan fingerprint density at radius 1 is 1.03 bits per heavy atom. The van der Waals surface area contributed by atoms with E-state index in [1.54, 1.807) is 28.9 Å². The maximum Gasteiger partial charge on any atom is 0.256 e. The van der Waals surface area contributed by atoms with Crippen LogP contribution < -0.4 is 35.9 Å². The molecule has 2 fully saturated rings. The number of carbonyl (C=O) groups is 2. The number of carbonyl (C=O) groups excluding carboxylic acids is 2. The van der Waals surface area contributed by atoms with E-state index in [2.05, 4.69) is 52.5 Å². The first-order valence-corrected chi connectivity index (χ1v) is 12.0. The highest BCUT2D eigenvalue weighted by Crippen LogP contribution is 2.30. The van der Waals surface area contributed by atoms with Crippen LogP contribution in [0.25, 0.3) is 0 Å². The van der Waals surface area contributed by atoms with E-state index in [4.69, 9.17) is 9.47 Å². The fourth-order valence-electron chi connectivity index (χ4n) is 4.69. The third-order valence-corrected chi connectivity index (χ3v) is 6.84. The average Bonchev–Trinajstić information content (AvgIpc) is 3.48. The number of methoxy groups -OCH3 is 2. The predicted molar refractivity (Wildman–Crippen MR) is 138 cm³/mol. The molecule has 4 N–H and O–H groups in total. The van der Waals surface area contributed by atoms with Gasteiger partial charge >= 0.3 is 0 Å². The van der Waals surface area contributed by atoms with Gasteiger partial charge in [0.1, 0.15) is 12.0 Å². The van der Waals surface area contributed by atoms with Crippen molar-refractivity contribution in [3.8, 4) is 11.5 Å². The lowest BCUT2D eigenvalue weighted by molar-refractivity contribution is -0.129. The van der Waals surface area contributed by atoms with Crippen LogP contribution in [-0.2, 0) is 4.79 Å². The average molecular weight is 506 g/mol. The molecule has 2 aliphatic heterocycles. The van der Waals surface area contributed by atoms with E-state index in [0.29, 0.717) is 35.1 Å². The molecule has 0 saturated carbocycles. The Balaban J connectivity index is 1.39. The topological polar surface area (TPSA) is 122 Å². The van der Waals surface area contributed by atoms with E-state index in [1.807, 2.05) is 18.0 Å². The third kappa shape index (κ3) is 4.58. The molecule has 0 bridgehead atoms. The van der Waals surface area contributed by atoms with Gasteiger partial charge in [0.05, 0.1) is 31.5 Å². The first-order valence-electron chi connectivity index (χ1n) is 12.0. The molecule has 0 radical (unpaired) electrons. The van der Waals surface area contributed by atoms with Crippen molar-refractivity contribution in [1.29, 1.82) is 0 Å². The van der Waals surface area contributed by atoms with Crippen LogP contribution >= 0.6 is 0 Å². The van der Waals surface area contributed by atoms with E-state index in [-0.39, 0.29) is 23.9 Å². The molecule has 5 rings (SSSR count). The van der Waals surface area contributed by atoms with E-state index >= 15 is 0 Å². The molecule has 194 valence electrons. The molecular weight excluding hydrogens is 474 g/mol. The zero-order valence-electron chi connectivity index (χ0n) is 21.5. The maximum atomic E-state index is 13.1. The molecule has 2 saturated heterocycles. The summed E-state index contributed by atoms with van der Waals surface area (Å²) in [4.78, 5) is 26.2. The van der Waals surface area contributed by atoms with Gasteiger partial charge in [-0.15, -0.1) is 0 Å². The normalized spacial score (nSPS) is 20.8. The van der Waals surface area contributed by atoms with Crippen LogP contribution in [0.15, 0.2) is 42.5 Å². The highest BCUT2D eigenvalue weighted by atomic mass is 16.5. The molecule has 3 heterocycles. The second-order valence-electron chi connectivity index (χ2n) is 9.27. The van der Waals surface area contributed by atoms with Gasteiger partial charge in [-0.3, -0.25) is 19.9 Å². The Bertz CT molecular complexity index is 1350. The van der Waals surface area contributed by atoms with Crippen molar-refractivity contribution < 1.29 is 19.1 Å². The number of fused-ring (bicyclic) bond motifs is 1. The Morgan fingerprint density at radius 3 is 2.54 bits per heavy atom. The Morgan fingerprint density at radius 2 is 1.81 bits per heavy atom. The van der Waals surface area contributed by atoms with Crippen molar-refractivity contribution in [2.24, 2.45) is 5.92 Å². The van der Waals surface area contributed by atoms with Crippen LogP contribution in [0.1, 0.15) is 33.5 Å². The lowest BCUT2D eigenvalue weighted by Crippen LogP contribution is -2.61. The van der Waals surface area contributed by atoms with Gasteiger partial charge in [-0.25, -0.2) is 10.1 Å². The largest absolute Gasteiger partial charge is 0.493 e. The van der Waals surface area contributed by atoms with Crippen molar-refractivity contribution in [3.05, 3.63) is 64.8 Å². The van der Waals surface area contributed by atoms with E-state index in [1.165, 1.54) is 25.3 Å². The van der Waals surface area contributed by atoms with Gasteiger partial charge in [-0.05, 0) is 62.2 Å². The second-order valence-corrected chi connectivity index (χ2v) is 9.27. The van der Waals surface area contributed by atoms with Crippen LogP contribution in [0.3, 0.4) is 0 Å². The monoisotopic (exact) mass is 505 g/mol. The minimum atomic E-state index is -0.669. The predicted octanol–water partition coefficient (Wildman–Crippen LogP) is 2.22. The summed E-state index contributed by atoms with van der Waals surface area (Å²) in [5.41, 5.74) is 7.77. The van der Waals surface area contributed by atoms with Crippen LogP contribution in [0, 0.1) is 26.7 Å². The number of hydrogen-bond acceptors (Lipinski definition) is 8. The first kappa shape index (κ1) is 24.6. The molecular formula is C26H31N7O4. The van der Waals surface area contributed by atoms with Crippen LogP contribution in [0.4, 0.5) is 11.5 Å². The van der Waals surface area contributed by atoms with Crippen molar-refractivity contribution in [1.82, 2.24) is 25.8 Å². The molecule has 3 aromatic rings. The van der Waals surface area contributed by atoms with Crippen LogP contribution in [0.2, 0.25) is 0 Å². The summed E-state index contributed by atoms with van der Waals surface area (Å²) in [5, 5.41) is 15.9. The lowest BCUT2D eigenvalue weighted by Gasteiger charge is -2.37. The number of hydrogen-bond donors (Lipinski definition) is 4. The Hall–Kier alpha value is -4.09. The molecule has 37 heavy (non-hydrogen) atoms. The minimum absolute atomic E-state index is 0.0992. The molecule has 2 amide bonds. The summed E-state index contributed by atoms with van der Waals surface area (Å²) in [6.45, 7) is 6.47. The summed E-state index contributed by atoms with van der Waals surface area (Å²) < 4.78 is 12.2. The van der Waals surface area contributed by atoms with Gasteiger partial charge in [0.15, 0.2) is 17.8 Å². The Kier molecular flexibility index (Phi) is 6.48. The van der Waals surface area contributed by atoms with E-state index in [0.717, 1.165) is 5.69 Å². The number of amides is 2. The third-order valence-electron chi connectivity index (χ3n) is 6.84. The number of benzene rings is 2. The summed E-state index contributed by atoms with van der Waals surface area (Å²) in [5.74, 6) is 0.685. The molecule has 0 aliphatic carbocycles. The van der Waals surface area contributed by atoms with Crippen molar-refractivity contribution in [3.63, 3.8) is 0 Å². The molecule has 3 unspecified atom stereocenters. The zero-order chi connectivity index (χ0) is 26.3. The number of nitrogens with zero attached hydrogens (tertiary/aromatic N) is 3. The summed E-state index contributed by atoms with van der Waals surface area (Å²) in [6.07, 6.45) is -0.975. The van der Waals surface area contributed by atoms with Crippen molar-refractivity contribution in [2.75, 3.05) is 31.1 Å². The fraction of sp³-hybridized carbons (Fsp3) is 0.346. The van der Waals surface area contributed by atoms with Gasteiger partial charge in [-0.1, -0.05) is 6.07 Å². The van der Waals surface area contributed by atoms with Crippen LogP contribution in [0.5, 0.6) is 11.5 Å². The number of ether oxygens (including phenoxy) is 2. The van der Waals surface area contributed by atoms with Crippen molar-refractivity contribution in [2.45, 2.75) is 33.2 Å². The van der Waals surface area contributed by atoms with Gasteiger partial charge in [-0.2, -0.15) is 5.10 Å². The summed E-state index contributed by atoms with van der Waals surface area (Å²) >= 11 is 0. The molecule has 2 aliphatic rings. The second kappa shape index (κ2) is 9.75. The standard InChI is InChI=1S/C26H31N7O4/c1-14-6-8-18(10-15(14)2)32-23-19(13-27-32)25(35)30-26(29-23)33-22(11-16(3)31-33)28-24(34)17-7-9-20(36-4)21(12-17)37-5/h6-12,19,23,26-27,29H,13H2,1-5H3,(H,28,34)(H,30,35). The molecule has 11 nitrogen and oxygen atoms in total. The van der Waals surface area contributed by atoms with Gasteiger partial charge in [0, 0.05) is 18.2 Å². The number of aryl methyl sites for hydroxylation is 3. The number of hydrazine groups is 1.